The zero-order valence-electron chi connectivity index (χ0n) is 14.0. The Bertz CT molecular complexity index is 591. The van der Waals surface area contributed by atoms with Gasteiger partial charge in [0.1, 0.15) is 5.82 Å². The number of piperazine rings is 1. The van der Waals surface area contributed by atoms with Crippen molar-refractivity contribution in [1.82, 2.24) is 19.8 Å². The molecule has 1 aliphatic rings. The Hall–Kier alpha value is -1.78. The predicted octanol–water partition coefficient (Wildman–Crippen LogP) is 2.40. The van der Waals surface area contributed by atoms with E-state index < -0.39 is 0 Å². The lowest BCUT2D eigenvalue weighted by Gasteiger charge is -2.34. The summed E-state index contributed by atoms with van der Waals surface area (Å²) in [7, 11) is 0. The topological polar surface area (TPSA) is 32.3 Å². The third-order valence-electron chi connectivity index (χ3n) is 4.49. The van der Waals surface area contributed by atoms with Gasteiger partial charge in [0.15, 0.2) is 0 Å². The highest BCUT2D eigenvalue weighted by Gasteiger charge is 2.17. The molecule has 0 aliphatic carbocycles. The minimum Gasteiger partial charge on any atom is -0.300 e. The van der Waals surface area contributed by atoms with Gasteiger partial charge in [0.2, 0.25) is 0 Å². The molecule has 0 N–H and O–H groups in total. The van der Waals surface area contributed by atoms with Crippen LogP contribution < -0.4 is 0 Å². The Morgan fingerprint density at radius 3 is 2.43 bits per heavy atom. The molecule has 0 unspecified atom stereocenters. The van der Waals surface area contributed by atoms with E-state index in [0.717, 1.165) is 63.6 Å². The monoisotopic (exact) mass is 310 g/mol. The second kappa shape index (κ2) is 8.18. The van der Waals surface area contributed by atoms with Crippen molar-refractivity contribution >= 4 is 0 Å². The molecule has 0 atom stereocenters. The standard InChI is InChI=1S/C19H26N4/c1-2-19-20-10-8-18(21-19)16-23-14-12-22(13-15-23)11-9-17-6-4-3-5-7-17/h3-8,10H,2,9,11-16H2,1H3. The molecule has 0 bridgehead atoms. The second-order valence-electron chi connectivity index (χ2n) is 6.17. The molecule has 0 radical (unpaired) electrons. The summed E-state index contributed by atoms with van der Waals surface area (Å²) in [5.41, 5.74) is 2.58. The van der Waals surface area contributed by atoms with Crippen molar-refractivity contribution in [2.24, 2.45) is 0 Å². The fourth-order valence-corrected chi connectivity index (χ4v) is 3.03. The molecule has 0 amide bonds. The molecule has 4 nitrogen and oxygen atoms in total. The van der Waals surface area contributed by atoms with E-state index in [0.29, 0.717) is 0 Å². The van der Waals surface area contributed by atoms with Crippen molar-refractivity contribution in [3.8, 4) is 0 Å². The molecular weight excluding hydrogens is 284 g/mol. The van der Waals surface area contributed by atoms with E-state index in [1.165, 1.54) is 5.56 Å². The van der Waals surface area contributed by atoms with E-state index >= 15 is 0 Å². The Balaban J connectivity index is 1.43. The molecule has 122 valence electrons. The first-order chi connectivity index (χ1) is 11.3. The highest BCUT2D eigenvalue weighted by Crippen LogP contribution is 2.08. The molecule has 4 heteroatoms. The lowest BCUT2D eigenvalue weighted by atomic mass is 10.1. The van der Waals surface area contributed by atoms with Crippen LogP contribution >= 0.6 is 0 Å². The minimum atomic E-state index is 0.904. The van der Waals surface area contributed by atoms with Gasteiger partial charge in [0.05, 0.1) is 5.69 Å². The van der Waals surface area contributed by atoms with Crippen molar-refractivity contribution in [2.75, 3.05) is 32.7 Å². The number of aromatic nitrogens is 2. The van der Waals surface area contributed by atoms with Crippen molar-refractivity contribution in [2.45, 2.75) is 26.3 Å². The van der Waals surface area contributed by atoms with E-state index in [1.807, 2.05) is 12.3 Å². The van der Waals surface area contributed by atoms with E-state index in [9.17, 15) is 0 Å². The maximum absolute atomic E-state index is 4.61. The van der Waals surface area contributed by atoms with Gasteiger partial charge in [-0.25, -0.2) is 9.97 Å². The number of rotatable bonds is 6. The summed E-state index contributed by atoms with van der Waals surface area (Å²) < 4.78 is 0. The van der Waals surface area contributed by atoms with E-state index in [4.69, 9.17) is 0 Å². The third kappa shape index (κ3) is 4.85. The van der Waals surface area contributed by atoms with E-state index in [1.54, 1.807) is 0 Å². The van der Waals surface area contributed by atoms with Crippen LogP contribution in [0.4, 0.5) is 0 Å². The van der Waals surface area contributed by atoms with Crippen molar-refractivity contribution < 1.29 is 0 Å². The molecule has 23 heavy (non-hydrogen) atoms. The summed E-state index contributed by atoms with van der Waals surface area (Å²) in [6.07, 6.45) is 3.94. The van der Waals surface area contributed by atoms with Gasteiger partial charge in [-0.1, -0.05) is 37.3 Å². The summed E-state index contributed by atoms with van der Waals surface area (Å²) in [6.45, 7) is 8.76. The first-order valence-electron chi connectivity index (χ1n) is 8.63. The van der Waals surface area contributed by atoms with Crippen molar-refractivity contribution in [3.63, 3.8) is 0 Å². The maximum Gasteiger partial charge on any atom is 0.128 e. The summed E-state index contributed by atoms with van der Waals surface area (Å²) in [5.74, 6) is 0.948. The first kappa shape index (κ1) is 16.1. The van der Waals surface area contributed by atoms with E-state index in [-0.39, 0.29) is 0 Å². The molecule has 0 spiro atoms. The van der Waals surface area contributed by atoms with Crippen LogP contribution in [0.1, 0.15) is 24.0 Å². The van der Waals surface area contributed by atoms with Gasteiger partial charge >= 0.3 is 0 Å². The summed E-state index contributed by atoms with van der Waals surface area (Å²) >= 11 is 0. The van der Waals surface area contributed by atoms with Gasteiger partial charge < -0.3 is 4.90 Å². The summed E-state index contributed by atoms with van der Waals surface area (Å²) in [6, 6.07) is 12.8. The average molecular weight is 310 g/mol. The van der Waals surface area contributed by atoms with Crippen LogP contribution in [0, 0.1) is 0 Å². The van der Waals surface area contributed by atoms with Crippen molar-refractivity contribution in [3.05, 3.63) is 59.7 Å². The van der Waals surface area contributed by atoms with Crippen LogP contribution in [0.2, 0.25) is 0 Å². The minimum absolute atomic E-state index is 0.904. The Kier molecular flexibility index (Phi) is 5.72. The molecule has 2 aromatic rings. The molecular formula is C19H26N4. The zero-order chi connectivity index (χ0) is 15.9. The number of hydrogen-bond donors (Lipinski definition) is 0. The molecule has 1 fully saturated rings. The molecule has 1 aromatic heterocycles. The van der Waals surface area contributed by atoms with Crippen LogP contribution in [-0.2, 0) is 19.4 Å². The van der Waals surface area contributed by atoms with Crippen LogP contribution in [-0.4, -0.2) is 52.5 Å². The van der Waals surface area contributed by atoms with Crippen LogP contribution in [0.25, 0.3) is 0 Å². The van der Waals surface area contributed by atoms with Gasteiger partial charge in [-0.05, 0) is 18.1 Å². The number of hydrogen-bond acceptors (Lipinski definition) is 4. The van der Waals surface area contributed by atoms with Gasteiger partial charge in [0, 0.05) is 51.9 Å². The van der Waals surface area contributed by atoms with E-state index in [2.05, 4.69) is 57.0 Å². The quantitative estimate of drug-likeness (QED) is 0.820. The van der Waals surface area contributed by atoms with Gasteiger partial charge in [-0.2, -0.15) is 0 Å². The highest BCUT2D eigenvalue weighted by atomic mass is 15.3. The van der Waals surface area contributed by atoms with Gasteiger partial charge in [-0.15, -0.1) is 0 Å². The molecule has 1 aromatic carbocycles. The molecule has 3 rings (SSSR count). The predicted molar refractivity (Wildman–Crippen MR) is 93.3 cm³/mol. The summed E-state index contributed by atoms with van der Waals surface area (Å²) in [5, 5.41) is 0. The molecule has 1 saturated heterocycles. The number of aryl methyl sites for hydroxylation is 1. The SMILES string of the molecule is CCc1nccc(CN2CCN(CCc3ccccc3)CC2)n1. The lowest BCUT2D eigenvalue weighted by molar-refractivity contribution is 0.127. The number of nitrogens with zero attached hydrogens (tertiary/aromatic N) is 4. The third-order valence-corrected chi connectivity index (χ3v) is 4.49. The first-order valence-corrected chi connectivity index (χ1v) is 8.63. The highest BCUT2D eigenvalue weighted by molar-refractivity contribution is 5.14. The Morgan fingerprint density at radius 1 is 0.957 bits per heavy atom. The van der Waals surface area contributed by atoms with Gasteiger partial charge in [-0.3, -0.25) is 4.90 Å². The zero-order valence-corrected chi connectivity index (χ0v) is 14.0. The Morgan fingerprint density at radius 2 is 1.70 bits per heavy atom. The van der Waals surface area contributed by atoms with Crippen LogP contribution in [0.3, 0.4) is 0 Å². The van der Waals surface area contributed by atoms with Crippen molar-refractivity contribution in [1.29, 1.82) is 0 Å². The molecule has 0 saturated carbocycles. The smallest absolute Gasteiger partial charge is 0.128 e. The molecule has 1 aliphatic heterocycles. The maximum atomic E-state index is 4.61. The summed E-state index contributed by atoms with van der Waals surface area (Å²) in [4.78, 5) is 14.0. The normalized spacial score (nSPS) is 16.6. The fraction of sp³-hybridized carbons (Fsp3) is 0.474. The Labute approximate surface area is 139 Å². The second-order valence-corrected chi connectivity index (χ2v) is 6.17. The van der Waals surface area contributed by atoms with Crippen LogP contribution in [0.5, 0.6) is 0 Å². The fourth-order valence-electron chi connectivity index (χ4n) is 3.03. The van der Waals surface area contributed by atoms with Gasteiger partial charge in [0.25, 0.3) is 0 Å². The lowest BCUT2D eigenvalue weighted by Crippen LogP contribution is -2.46. The number of benzene rings is 1. The van der Waals surface area contributed by atoms with Crippen LogP contribution in [0.15, 0.2) is 42.6 Å². The molecule has 2 heterocycles. The largest absolute Gasteiger partial charge is 0.300 e. The average Bonchev–Trinajstić information content (AvgIpc) is 2.62.